The summed E-state index contributed by atoms with van der Waals surface area (Å²) in [4.78, 5) is 21.3. The van der Waals surface area contributed by atoms with Crippen molar-refractivity contribution in [3.05, 3.63) is 83.1 Å². The van der Waals surface area contributed by atoms with E-state index in [2.05, 4.69) is 9.97 Å². The van der Waals surface area contributed by atoms with Crippen LogP contribution in [-0.4, -0.2) is 54.9 Å². The molecule has 2 N–H and O–H groups in total. The van der Waals surface area contributed by atoms with Gasteiger partial charge in [-0.05, 0) is 66.1 Å². The van der Waals surface area contributed by atoms with Gasteiger partial charge < -0.3 is 10.5 Å². The zero-order valence-corrected chi connectivity index (χ0v) is 22.4. The number of hydrogen-bond donors (Lipinski definition) is 1. The van der Waals surface area contributed by atoms with Crippen molar-refractivity contribution in [3.63, 3.8) is 0 Å². The zero-order valence-electron chi connectivity index (χ0n) is 21.6. The van der Waals surface area contributed by atoms with Crippen molar-refractivity contribution in [2.24, 2.45) is 11.7 Å². The molecule has 2 heterocycles. The fourth-order valence-corrected chi connectivity index (χ4v) is 7.65. The van der Waals surface area contributed by atoms with E-state index >= 15 is 0 Å². The molecule has 0 aliphatic heterocycles. The Labute approximate surface area is 225 Å². The summed E-state index contributed by atoms with van der Waals surface area (Å²) in [6.07, 6.45) is 3.94. The molecule has 0 radical (unpaired) electrons. The number of ether oxygens (including phenoxy) is 1. The molecule has 4 rings (SSSR count). The number of aromatic nitrogens is 2. The molecule has 0 amide bonds. The molecule has 39 heavy (non-hydrogen) atoms. The summed E-state index contributed by atoms with van der Waals surface area (Å²) in [6, 6.07) is 6.43. The molecule has 0 bridgehead atoms. The van der Waals surface area contributed by atoms with Crippen molar-refractivity contribution in [2.45, 2.75) is 43.4 Å². The highest BCUT2D eigenvalue weighted by atomic mass is 32.2. The van der Waals surface area contributed by atoms with Gasteiger partial charge in [-0.3, -0.25) is 9.78 Å². The van der Waals surface area contributed by atoms with Crippen LogP contribution < -0.4 is 5.73 Å². The molecule has 4 atom stereocenters. The summed E-state index contributed by atoms with van der Waals surface area (Å²) >= 11 is 0. The third-order valence-corrected chi connectivity index (χ3v) is 9.63. The molecule has 0 unspecified atom stereocenters. The van der Waals surface area contributed by atoms with E-state index in [1.54, 1.807) is 18.5 Å². The lowest BCUT2D eigenvalue weighted by Gasteiger charge is -2.39. The normalized spacial score (nSPS) is 21.6. The lowest BCUT2D eigenvalue weighted by atomic mass is 9.75. The van der Waals surface area contributed by atoms with Gasteiger partial charge in [-0.1, -0.05) is 13.0 Å². The number of methoxy groups -OCH3 is 1. The second kappa shape index (κ2) is 11.9. The van der Waals surface area contributed by atoms with Crippen molar-refractivity contribution in [2.75, 3.05) is 19.5 Å². The number of sulfone groups is 1. The Kier molecular flexibility index (Phi) is 8.83. The molecule has 0 spiro atoms. The molecule has 11 heteroatoms. The molecule has 1 aliphatic rings. The summed E-state index contributed by atoms with van der Waals surface area (Å²) in [5.74, 6) is -3.88. The average Bonchev–Trinajstić information content (AvgIpc) is 2.88. The Bertz CT molecular complexity index is 1440. The van der Waals surface area contributed by atoms with E-state index in [1.165, 1.54) is 13.2 Å². The number of carbonyl (C=O) groups excluding carboxylic acids is 1. The zero-order chi connectivity index (χ0) is 28.3. The highest BCUT2D eigenvalue weighted by molar-refractivity contribution is 7.92. The number of benzene rings is 1. The van der Waals surface area contributed by atoms with Gasteiger partial charge in [-0.2, -0.15) is 0 Å². The molecular weight excluding hydrogens is 531 g/mol. The maximum absolute atomic E-state index is 14.5. The Morgan fingerprint density at radius 3 is 2.46 bits per heavy atom. The second-order valence-electron chi connectivity index (χ2n) is 9.93. The molecular formula is C28H30F3N3O4S. The van der Waals surface area contributed by atoms with Gasteiger partial charge in [0.1, 0.15) is 28.8 Å². The van der Waals surface area contributed by atoms with Gasteiger partial charge >= 0.3 is 0 Å². The molecule has 1 fully saturated rings. The first-order valence-corrected chi connectivity index (χ1v) is 14.3. The van der Waals surface area contributed by atoms with Gasteiger partial charge in [-0.15, -0.1) is 0 Å². The Morgan fingerprint density at radius 1 is 1.08 bits per heavy atom. The van der Waals surface area contributed by atoms with Crippen LogP contribution in [0.25, 0.3) is 11.3 Å². The predicted molar refractivity (Wildman–Crippen MR) is 140 cm³/mol. The van der Waals surface area contributed by atoms with Crippen molar-refractivity contribution in [1.29, 1.82) is 0 Å². The second-order valence-corrected chi connectivity index (χ2v) is 12.2. The number of nitrogens with zero attached hydrogens (tertiary/aromatic N) is 2. The van der Waals surface area contributed by atoms with Crippen LogP contribution >= 0.6 is 0 Å². The molecule has 1 aliphatic carbocycles. The first-order valence-electron chi connectivity index (χ1n) is 12.6. The van der Waals surface area contributed by atoms with Crippen LogP contribution in [0.4, 0.5) is 13.2 Å². The highest BCUT2D eigenvalue weighted by Crippen LogP contribution is 2.40. The largest absolute Gasteiger partial charge is 0.384 e. The van der Waals surface area contributed by atoms with Crippen molar-refractivity contribution < 1.29 is 31.1 Å². The van der Waals surface area contributed by atoms with E-state index < -0.39 is 55.6 Å². The van der Waals surface area contributed by atoms with Gasteiger partial charge in [0.2, 0.25) is 0 Å². The lowest BCUT2D eigenvalue weighted by Crippen LogP contribution is -2.50. The van der Waals surface area contributed by atoms with Crippen LogP contribution in [0.5, 0.6) is 0 Å². The maximum Gasteiger partial charge on any atom is 0.185 e. The SMILES string of the molecule is COCCS(=O)(=O)[C@@H]1[C@H](N)C[C@H](c2ccncc2CC(=O)c2ccc(F)c(-c3c(F)cccc3F)n2)C[C@@H]1C. The summed E-state index contributed by atoms with van der Waals surface area (Å²) in [5, 5.41) is -0.698. The Morgan fingerprint density at radius 2 is 1.79 bits per heavy atom. The summed E-state index contributed by atoms with van der Waals surface area (Å²) in [5.41, 5.74) is 6.42. The molecule has 2 aromatic heterocycles. The van der Waals surface area contributed by atoms with E-state index in [4.69, 9.17) is 10.5 Å². The minimum Gasteiger partial charge on any atom is -0.384 e. The van der Waals surface area contributed by atoms with Gasteiger partial charge in [0, 0.05) is 32.0 Å². The van der Waals surface area contributed by atoms with E-state index in [9.17, 15) is 26.4 Å². The minimum absolute atomic E-state index is 0.0982. The van der Waals surface area contributed by atoms with Crippen LogP contribution in [0.1, 0.15) is 47.3 Å². The Balaban J connectivity index is 1.58. The van der Waals surface area contributed by atoms with E-state index in [-0.39, 0.29) is 36.3 Å². The summed E-state index contributed by atoms with van der Waals surface area (Å²) in [6.45, 7) is 1.96. The average molecular weight is 562 g/mol. The molecule has 1 aromatic carbocycles. The van der Waals surface area contributed by atoms with E-state index in [0.29, 0.717) is 18.4 Å². The van der Waals surface area contributed by atoms with Gasteiger partial charge in [0.15, 0.2) is 15.6 Å². The predicted octanol–water partition coefficient (Wildman–Crippen LogP) is 4.26. The van der Waals surface area contributed by atoms with Gasteiger partial charge in [0.25, 0.3) is 0 Å². The van der Waals surface area contributed by atoms with Gasteiger partial charge in [-0.25, -0.2) is 26.6 Å². The highest BCUT2D eigenvalue weighted by Gasteiger charge is 2.42. The molecule has 208 valence electrons. The monoisotopic (exact) mass is 561 g/mol. The van der Waals surface area contributed by atoms with Crippen LogP contribution in [-0.2, 0) is 21.0 Å². The van der Waals surface area contributed by atoms with E-state index in [0.717, 1.165) is 29.8 Å². The number of carbonyl (C=O) groups is 1. The number of hydrogen-bond acceptors (Lipinski definition) is 7. The van der Waals surface area contributed by atoms with Crippen molar-refractivity contribution in [3.8, 4) is 11.3 Å². The third-order valence-electron chi connectivity index (χ3n) is 7.25. The number of ketones is 1. The minimum atomic E-state index is -3.46. The fraction of sp³-hybridized carbons (Fsp3) is 0.393. The topological polar surface area (TPSA) is 112 Å². The van der Waals surface area contributed by atoms with Crippen molar-refractivity contribution in [1.82, 2.24) is 9.97 Å². The van der Waals surface area contributed by atoms with E-state index in [1.807, 2.05) is 6.92 Å². The third kappa shape index (κ3) is 6.21. The molecule has 7 nitrogen and oxygen atoms in total. The fourth-order valence-electron chi connectivity index (χ4n) is 5.52. The summed E-state index contributed by atoms with van der Waals surface area (Å²) in [7, 11) is -2.01. The summed E-state index contributed by atoms with van der Waals surface area (Å²) < 4.78 is 73.8. The number of Topliss-reactive ketones (excluding diaryl/α,β-unsaturated/α-hetero) is 1. The first-order chi connectivity index (χ1) is 18.5. The van der Waals surface area contributed by atoms with Crippen LogP contribution in [0.2, 0.25) is 0 Å². The van der Waals surface area contributed by atoms with Crippen LogP contribution in [0, 0.1) is 23.4 Å². The molecule has 1 saturated carbocycles. The number of rotatable bonds is 9. The maximum atomic E-state index is 14.5. The number of nitrogens with two attached hydrogens (primary N) is 1. The molecule has 3 aromatic rings. The van der Waals surface area contributed by atoms with Crippen LogP contribution in [0.15, 0.2) is 48.8 Å². The van der Waals surface area contributed by atoms with Gasteiger partial charge in [0.05, 0.1) is 23.2 Å². The smallest absolute Gasteiger partial charge is 0.185 e. The quantitative estimate of drug-likeness (QED) is 0.389. The van der Waals surface area contributed by atoms with Crippen molar-refractivity contribution >= 4 is 15.6 Å². The Hall–Kier alpha value is -3.15. The standard InChI is InChI=1S/C28H30F3N3O4S/c1-16-12-17(13-23(32)28(16)39(36,37)11-10-38-2)19-8-9-33-15-18(19)14-25(35)24-7-6-22(31)27(34-24)26-20(29)4-3-5-21(26)30/h3-9,15-17,23,28H,10-14,32H2,1-2H3/t16-,17+,23+,28-/m0/s1. The number of halogens is 3. The first kappa shape index (κ1) is 28.8. The molecule has 0 saturated heterocycles. The number of pyridine rings is 2. The van der Waals surface area contributed by atoms with Crippen LogP contribution in [0.3, 0.4) is 0 Å². The lowest BCUT2D eigenvalue weighted by molar-refractivity contribution is 0.0987.